The topological polar surface area (TPSA) is 75.6 Å². The quantitative estimate of drug-likeness (QED) is 0.461. The van der Waals surface area contributed by atoms with Crippen LogP contribution >= 0.6 is 0 Å². The van der Waals surface area contributed by atoms with Crippen molar-refractivity contribution in [3.63, 3.8) is 0 Å². The Kier molecular flexibility index (Phi) is 7.02. The van der Waals surface area contributed by atoms with Gasteiger partial charge in [-0.1, -0.05) is 6.92 Å². The van der Waals surface area contributed by atoms with Gasteiger partial charge in [-0.05, 0) is 6.42 Å². The molecule has 0 aliphatic carbocycles. The molecule has 0 saturated carbocycles. The van der Waals surface area contributed by atoms with Gasteiger partial charge in [0.15, 0.2) is 0 Å². The number of carbonyl (C=O) groups excluding carboxylic acids is 1. The van der Waals surface area contributed by atoms with E-state index in [2.05, 4.69) is 11.2 Å². The second-order valence-corrected chi connectivity index (χ2v) is 2.92. The summed E-state index contributed by atoms with van der Waals surface area (Å²) in [5.74, 6) is 0.577. The average Bonchev–Trinajstić information content (AvgIpc) is 2.17. The third-order valence-electron chi connectivity index (χ3n) is 1.54. The zero-order valence-electron chi connectivity index (χ0n) is 8.66. The number of rotatable bonds is 7. The maximum atomic E-state index is 11.1. The zero-order chi connectivity index (χ0) is 11.7. The summed E-state index contributed by atoms with van der Waals surface area (Å²) in [6.07, 6.45) is 5.74. The van der Waals surface area contributed by atoms with Gasteiger partial charge in [-0.2, -0.15) is 0 Å². The van der Waals surface area contributed by atoms with Crippen LogP contribution in [0.15, 0.2) is 0 Å². The van der Waals surface area contributed by atoms with Crippen molar-refractivity contribution >= 4 is 11.9 Å². The summed E-state index contributed by atoms with van der Waals surface area (Å²) in [7, 11) is 0. The highest BCUT2D eigenvalue weighted by molar-refractivity contribution is 5.84. The molecule has 5 nitrogen and oxygen atoms in total. The molecule has 15 heavy (non-hydrogen) atoms. The summed E-state index contributed by atoms with van der Waals surface area (Å²) in [5.41, 5.74) is 0. The molecule has 0 spiro atoms. The summed E-state index contributed by atoms with van der Waals surface area (Å²) < 4.78 is 4.95. The number of terminal acetylenes is 1. The fraction of sp³-hybridized carbons (Fsp3) is 0.600. The van der Waals surface area contributed by atoms with Crippen molar-refractivity contribution < 1.29 is 19.4 Å². The van der Waals surface area contributed by atoms with Gasteiger partial charge in [0.2, 0.25) is 5.91 Å². The van der Waals surface area contributed by atoms with E-state index in [9.17, 15) is 9.59 Å². The Labute approximate surface area is 88.8 Å². The van der Waals surface area contributed by atoms with E-state index in [0.717, 1.165) is 6.42 Å². The van der Waals surface area contributed by atoms with Gasteiger partial charge in [0.25, 0.3) is 0 Å². The lowest BCUT2D eigenvalue weighted by atomic mass is 10.2. The van der Waals surface area contributed by atoms with Crippen LogP contribution < -0.4 is 5.32 Å². The van der Waals surface area contributed by atoms with Crippen LogP contribution in [0.2, 0.25) is 0 Å². The lowest BCUT2D eigenvalue weighted by molar-refractivity contribution is -0.142. The number of carboxylic acid groups (broad SMARTS) is 1. The van der Waals surface area contributed by atoms with Crippen LogP contribution in [0.4, 0.5) is 0 Å². The fourth-order valence-electron chi connectivity index (χ4n) is 0.863. The molecule has 0 saturated heterocycles. The Hall–Kier alpha value is -1.54. The molecule has 84 valence electrons. The van der Waals surface area contributed by atoms with Crippen LogP contribution in [0.5, 0.6) is 0 Å². The Balaban J connectivity index is 3.90. The molecule has 1 atom stereocenters. The molecular weight excluding hydrogens is 198 g/mol. The van der Waals surface area contributed by atoms with Crippen molar-refractivity contribution in [1.29, 1.82) is 0 Å². The highest BCUT2D eigenvalue weighted by Gasteiger charge is 2.18. The van der Waals surface area contributed by atoms with Crippen molar-refractivity contribution in [1.82, 2.24) is 5.32 Å². The summed E-state index contributed by atoms with van der Waals surface area (Å²) in [6, 6.07) is -1.03. The minimum Gasteiger partial charge on any atom is -0.480 e. The molecule has 5 heteroatoms. The van der Waals surface area contributed by atoms with Crippen LogP contribution in [0.1, 0.15) is 19.8 Å². The monoisotopic (exact) mass is 213 g/mol. The van der Waals surface area contributed by atoms with E-state index >= 15 is 0 Å². The van der Waals surface area contributed by atoms with Crippen molar-refractivity contribution in [2.24, 2.45) is 0 Å². The number of carboxylic acids is 1. The van der Waals surface area contributed by atoms with Gasteiger partial charge in [-0.25, -0.2) is 4.79 Å². The first-order valence-electron chi connectivity index (χ1n) is 4.65. The largest absolute Gasteiger partial charge is 0.480 e. The lowest BCUT2D eigenvalue weighted by Crippen LogP contribution is -2.42. The molecule has 1 amide bonds. The van der Waals surface area contributed by atoms with Crippen molar-refractivity contribution in [2.45, 2.75) is 25.8 Å². The zero-order valence-corrected chi connectivity index (χ0v) is 8.66. The molecule has 2 N–H and O–H groups in total. The number of nitrogens with one attached hydrogen (secondary N) is 1. The molecular formula is C10H15NO4. The Morgan fingerprint density at radius 2 is 2.27 bits per heavy atom. The molecule has 0 aromatic carbocycles. The lowest BCUT2D eigenvalue weighted by Gasteiger charge is -2.11. The molecule has 0 aromatic heterocycles. The number of hydrogen-bond donors (Lipinski definition) is 2. The molecule has 0 radical (unpaired) electrons. The number of aliphatic carboxylic acids is 1. The maximum absolute atomic E-state index is 11.1. The van der Waals surface area contributed by atoms with Crippen LogP contribution in [0, 0.1) is 12.3 Å². The third kappa shape index (κ3) is 6.52. The van der Waals surface area contributed by atoms with Crippen LogP contribution in [0.25, 0.3) is 0 Å². The number of ether oxygens (including phenoxy) is 1. The predicted molar refractivity (Wildman–Crippen MR) is 54.1 cm³/mol. The second-order valence-electron chi connectivity index (χ2n) is 2.92. The van der Waals surface area contributed by atoms with E-state index in [-0.39, 0.29) is 13.0 Å². The summed E-state index contributed by atoms with van der Waals surface area (Å²) in [5, 5.41) is 10.9. The van der Waals surface area contributed by atoms with E-state index in [4.69, 9.17) is 16.3 Å². The van der Waals surface area contributed by atoms with Crippen LogP contribution in [-0.4, -0.2) is 36.2 Å². The standard InChI is InChI=1S/C10H15NO4/c1-3-5-8(10(13)14)11-9(12)7-15-6-4-2/h1,8H,4-7H2,2H3,(H,11,12)(H,13,14). The smallest absolute Gasteiger partial charge is 0.327 e. The van der Waals surface area contributed by atoms with E-state index < -0.39 is 17.9 Å². The van der Waals surface area contributed by atoms with Gasteiger partial charge in [-0.15, -0.1) is 12.3 Å². The molecule has 0 aliphatic heterocycles. The average molecular weight is 213 g/mol. The Bertz CT molecular complexity index is 257. The first-order chi connectivity index (χ1) is 7.11. The number of amides is 1. The molecule has 0 bridgehead atoms. The predicted octanol–water partition coefficient (Wildman–Crippen LogP) is 0.00570. The number of carbonyl (C=O) groups is 2. The van der Waals surface area contributed by atoms with Gasteiger partial charge < -0.3 is 15.2 Å². The number of hydrogen-bond acceptors (Lipinski definition) is 3. The summed E-state index contributed by atoms with van der Waals surface area (Å²) in [6.45, 7) is 2.25. The molecule has 0 heterocycles. The Morgan fingerprint density at radius 3 is 2.73 bits per heavy atom. The fourth-order valence-corrected chi connectivity index (χ4v) is 0.863. The normalized spacial score (nSPS) is 11.5. The molecule has 1 unspecified atom stereocenters. The highest BCUT2D eigenvalue weighted by Crippen LogP contribution is 1.91. The van der Waals surface area contributed by atoms with E-state index in [0.29, 0.717) is 6.61 Å². The van der Waals surface area contributed by atoms with Gasteiger partial charge in [0.1, 0.15) is 12.6 Å². The van der Waals surface area contributed by atoms with Gasteiger partial charge in [0.05, 0.1) is 0 Å². The van der Waals surface area contributed by atoms with Crippen molar-refractivity contribution in [3.05, 3.63) is 0 Å². The SMILES string of the molecule is C#CCC(NC(=O)COCCC)C(=O)O. The third-order valence-corrected chi connectivity index (χ3v) is 1.54. The van der Waals surface area contributed by atoms with Crippen molar-refractivity contribution in [2.75, 3.05) is 13.2 Å². The molecule has 0 fully saturated rings. The molecule has 0 aromatic rings. The van der Waals surface area contributed by atoms with E-state index in [1.165, 1.54) is 0 Å². The highest BCUT2D eigenvalue weighted by atomic mass is 16.5. The van der Waals surface area contributed by atoms with Gasteiger partial charge in [0, 0.05) is 13.0 Å². The first kappa shape index (κ1) is 13.5. The first-order valence-corrected chi connectivity index (χ1v) is 4.65. The van der Waals surface area contributed by atoms with Gasteiger partial charge in [-0.3, -0.25) is 4.79 Å². The maximum Gasteiger partial charge on any atom is 0.327 e. The molecule has 0 aliphatic rings. The van der Waals surface area contributed by atoms with Gasteiger partial charge >= 0.3 is 5.97 Å². The molecule has 0 rings (SSSR count). The Morgan fingerprint density at radius 1 is 1.60 bits per heavy atom. The van der Waals surface area contributed by atoms with E-state index in [1.54, 1.807) is 0 Å². The van der Waals surface area contributed by atoms with Crippen molar-refractivity contribution in [3.8, 4) is 12.3 Å². The summed E-state index contributed by atoms with van der Waals surface area (Å²) >= 11 is 0. The van der Waals surface area contributed by atoms with E-state index in [1.807, 2.05) is 6.92 Å². The van der Waals surface area contributed by atoms with Crippen LogP contribution in [0.3, 0.4) is 0 Å². The minimum absolute atomic E-state index is 0.0329. The van der Waals surface area contributed by atoms with Crippen LogP contribution in [-0.2, 0) is 14.3 Å². The summed E-state index contributed by atoms with van der Waals surface area (Å²) in [4.78, 5) is 21.7. The minimum atomic E-state index is -1.14. The second kappa shape index (κ2) is 7.83.